The van der Waals surface area contributed by atoms with Crippen LogP contribution in [0.25, 0.3) is 10.9 Å². The second kappa shape index (κ2) is 10.2. The zero-order chi connectivity index (χ0) is 27.0. The summed E-state index contributed by atoms with van der Waals surface area (Å²) in [5.41, 5.74) is 4.39. The Morgan fingerprint density at radius 1 is 1.05 bits per heavy atom. The molecule has 4 N–H and O–H groups in total. The van der Waals surface area contributed by atoms with Crippen molar-refractivity contribution in [2.24, 2.45) is 0 Å². The summed E-state index contributed by atoms with van der Waals surface area (Å²) in [6.45, 7) is 4.43. The summed E-state index contributed by atoms with van der Waals surface area (Å²) in [5.74, 6) is -0.0268. The molecule has 3 aliphatic rings. The number of carbonyl (C=O) groups is 3. The van der Waals surface area contributed by atoms with Crippen molar-refractivity contribution in [1.29, 1.82) is 0 Å². The lowest BCUT2D eigenvalue weighted by Crippen LogP contribution is -2.60. The number of hydrogen-bond donors (Lipinski definition) is 4. The number of H-pyrrole nitrogens is 1. The zero-order valence-electron chi connectivity index (χ0n) is 22.3. The molecule has 1 atom stereocenters. The van der Waals surface area contributed by atoms with Gasteiger partial charge in [-0.15, -0.1) is 0 Å². The molecule has 0 radical (unpaired) electrons. The predicted molar refractivity (Wildman–Crippen MR) is 148 cm³/mol. The first-order valence-corrected chi connectivity index (χ1v) is 13.9. The smallest absolute Gasteiger partial charge is 0.319 e. The molecule has 5 amide bonds. The lowest BCUT2D eigenvalue weighted by atomic mass is 9.79. The van der Waals surface area contributed by atoms with Crippen LogP contribution >= 0.6 is 0 Å². The number of urea groups is 2. The van der Waals surface area contributed by atoms with Crippen molar-refractivity contribution in [3.05, 3.63) is 59.3 Å². The molecular formula is C29H35N7O3. The van der Waals surface area contributed by atoms with Gasteiger partial charge >= 0.3 is 12.1 Å². The Balaban J connectivity index is 1.18. The molecule has 1 unspecified atom stereocenters. The summed E-state index contributed by atoms with van der Waals surface area (Å²) in [5, 5.41) is 17.2. The van der Waals surface area contributed by atoms with Gasteiger partial charge in [-0.2, -0.15) is 5.10 Å². The summed E-state index contributed by atoms with van der Waals surface area (Å²) in [6, 6.07) is 10.8. The molecular weight excluding hydrogens is 494 g/mol. The monoisotopic (exact) mass is 529 g/mol. The van der Waals surface area contributed by atoms with Crippen molar-refractivity contribution >= 4 is 34.6 Å². The Hall–Kier alpha value is -4.08. The van der Waals surface area contributed by atoms with Gasteiger partial charge in [-0.3, -0.25) is 9.89 Å². The summed E-state index contributed by atoms with van der Waals surface area (Å²) < 4.78 is 0. The number of aromatic amines is 1. The highest BCUT2D eigenvalue weighted by molar-refractivity contribution is 5.94. The van der Waals surface area contributed by atoms with Crippen LogP contribution in [-0.4, -0.2) is 70.2 Å². The Morgan fingerprint density at radius 3 is 2.62 bits per heavy atom. The van der Waals surface area contributed by atoms with E-state index in [9.17, 15) is 14.4 Å². The molecule has 3 aliphatic heterocycles. The summed E-state index contributed by atoms with van der Waals surface area (Å²) >= 11 is 0. The van der Waals surface area contributed by atoms with E-state index in [-0.39, 0.29) is 18.0 Å². The van der Waals surface area contributed by atoms with Crippen LogP contribution in [0.15, 0.2) is 42.6 Å². The Kier molecular flexibility index (Phi) is 6.62. The van der Waals surface area contributed by atoms with Gasteiger partial charge in [0.25, 0.3) is 0 Å². The number of aryl methyl sites for hydroxylation is 1. The standard InChI is InChI=1S/C29H35N7O3/c1-19-15-20(16-21-18-30-34-25(19)21)17-24(26(37)35-11-5-2-6-12-35)32-28(39)36-13-9-29(10-14-36)22-7-3-4-8-23(22)31-27(38)33-29/h3-4,7-8,15-16,18,24H,2,5-6,9-14,17H2,1H3,(H,30,34)(H,32,39)(H2,31,33,38). The molecule has 6 rings (SSSR count). The largest absolute Gasteiger partial charge is 0.341 e. The fourth-order valence-electron chi connectivity index (χ4n) is 6.37. The lowest BCUT2D eigenvalue weighted by molar-refractivity contribution is -0.134. The molecule has 0 saturated carbocycles. The van der Waals surface area contributed by atoms with Gasteiger partial charge in [0, 0.05) is 49.2 Å². The lowest BCUT2D eigenvalue weighted by Gasteiger charge is -2.45. The minimum atomic E-state index is -0.658. The first kappa shape index (κ1) is 25.2. The molecule has 2 saturated heterocycles. The van der Waals surface area contributed by atoms with Crippen LogP contribution in [0.5, 0.6) is 0 Å². The normalized spacial score (nSPS) is 19.3. The zero-order valence-corrected chi connectivity index (χ0v) is 22.3. The third-order valence-corrected chi connectivity index (χ3v) is 8.46. The fourth-order valence-corrected chi connectivity index (χ4v) is 6.37. The molecule has 3 aromatic rings. The van der Waals surface area contributed by atoms with Gasteiger partial charge in [-0.1, -0.05) is 24.3 Å². The maximum absolute atomic E-state index is 13.7. The molecule has 1 aromatic heterocycles. The number of aromatic nitrogens is 2. The molecule has 204 valence electrons. The highest BCUT2D eigenvalue weighted by Crippen LogP contribution is 2.39. The number of anilines is 1. The third-order valence-electron chi connectivity index (χ3n) is 8.46. The number of carbonyl (C=O) groups excluding carboxylic acids is 3. The van der Waals surface area contributed by atoms with Crippen LogP contribution in [0.2, 0.25) is 0 Å². The maximum Gasteiger partial charge on any atom is 0.319 e. The molecule has 39 heavy (non-hydrogen) atoms. The van der Waals surface area contributed by atoms with Crippen LogP contribution in [0.3, 0.4) is 0 Å². The minimum Gasteiger partial charge on any atom is -0.341 e. The van der Waals surface area contributed by atoms with Gasteiger partial charge in [0.15, 0.2) is 0 Å². The summed E-state index contributed by atoms with van der Waals surface area (Å²) in [4.78, 5) is 43.2. The molecule has 1 spiro atoms. The van der Waals surface area contributed by atoms with Gasteiger partial charge in [-0.05, 0) is 62.3 Å². The molecule has 4 heterocycles. The molecule has 0 bridgehead atoms. The molecule has 0 aliphatic carbocycles. The van der Waals surface area contributed by atoms with Crippen molar-refractivity contribution in [3.63, 3.8) is 0 Å². The Labute approximate surface area is 227 Å². The molecule has 10 nitrogen and oxygen atoms in total. The van der Waals surface area contributed by atoms with Crippen LogP contribution < -0.4 is 16.0 Å². The van der Waals surface area contributed by atoms with Crippen molar-refractivity contribution in [3.8, 4) is 0 Å². The summed E-state index contributed by atoms with van der Waals surface area (Å²) in [7, 11) is 0. The number of benzene rings is 2. The van der Waals surface area contributed by atoms with E-state index in [1.807, 2.05) is 42.2 Å². The average Bonchev–Trinajstić information content (AvgIpc) is 3.42. The fraction of sp³-hybridized carbons (Fsp3) is 0.448. The van der Waals surface area contributed by atoms with E-state index in [2.05, 4.69) is 32.2 Å². The molecule has 10 heteroatoms. The number of rotatable bonds is 4. The van der Waals surface area contributed by atoms with Crippen molar-refractivity contribution < 1.29 is 14.4 Å². The second-order valence-corrected chi connectivity index (χ2v) is 11.0. The number of nitrogens with one attached hydrogen (secondary N) is 4. The van der Waals surface area contributed by atoms with Crippen molar-refractivity contribution in [1.82, 2.24) is 30.6 Å². The van der Waals surface area contributed by atoms with Gasteiger partial charge in [0.05, 0.1) is 17.3 Å². The quantitative estimate of drug-likeness (QED) is 0.412. The second-order valence-electron chi connectivity index (χ2n) is 11.0. The molecule has 2 aromatic carbocycles. The van der Waals surface area contributed by atoms with E-state index in [4.69, 9.17) is 0 Å². The topological polar surface area (TPSA) is 122 Å². The third kappa shape index (κ3) is 4.91. The minimum absolute atomic E-state index is 0.0268. The van der Waals surface area contributed by atoms with Crippen LogP contribution in [0.1, 0.15) is 48.8 Å². The Morgan fingerprint density at radius 2 is 1.82 bits per heavy atom. The van der Waals surface area contributed by atoms with Crippen molar-refractivity contribution in [2.45, 2.75) is 57.0 Å². The van der Waals surface area contributed by atoms with E-state index in [0.29, 0.717) is 32.4 Å². The Bertz CT molecular complexity index is 1400. The first-order chi connectivity index (χ1) is 18.9. The van der Waals surface area contributed by atoms with E-state index in [0.717, 1.165) is 65.6 Å². The van der Waals surface area contributed by atoms with Crippen LogP contribution in [-0.2, 0) is 16.8 Å². The average molecular weight is 530 g/mol. The van der Waals surface area contributed by atoms with E-state index in [1.54, 1.807) is 11.1 Å². The summed E-state index contributed by atoms with van der Waals surface area (Å²) in [6.07, 6.45) is 6.51. The number of nitrogens with zero attached hydrogens (tertiary/aromatic N) is 3. The highest BCUT2D eigenvalue weighted by atomic mass is 16.2. The molecule has 2 fully saturated rings. The SMILES string of the molecule is Cc1cc(CC(NC(=O)N2CCC3(CC2)NC(=O)Nc2ccccc23)C(=O)N2CCCCC2)cc2cn[nH]c12. The number of amides is 5. The maximum atomic E-state index is 13.7. The first-order valence-electron chi connectivity index (χ1n) is 13.9. The van der Waals surface area contributed by atoms with E-state index >= 15 is 0 Å². The van der Waals surface area contributed by atoms with Gasteiger partial charge in [0.1, 0.15) is 6.04 Å². The van der Waals surface area contributed by atoms with Gasteiger partial charge in [0.2, 0.25) is 5.91 Å². The predicted octanol–water partition coefficient (Wildman–Crippen LogP) is 3.63. The number of hydrogen-bond acceptors (Lipinski definition) is 4. The number of likely N-dealkylation sites (tertiary alicyclic amines) is 2. The van der Waals surface area contributed by atoms with Crippen LogP contribution in [0, 0.1) is 6.92 Å². The number of para-hydroxylation sites is 1. The number of piperidine rings is 2. The number of fused-ring (bicyclic) bond motifs is 3. The van der Waals surface area contributed by atoms with Crippen molar-refractivity contribution in [2.75, 3.05) is 31.5 Å². The van der Waals surface area contributed by atoms with Gasteiger partial charge < -0.3 is 25.8 Å². The van der Waals surface area contributed by atoms with Crippen LogP contribution in [0.4, 0.5) is 15.3 Å². The van der Waals surface area contributed by atoms with E-state index < -0.39 is 11.6 Å². The van der Waals surface area contributed by atoms with E-state index in [1.165, 1.54) is 0 Å². The van der Waals surface area contributed by atoms with Gasteiger partial charge in [-0.25, -0.2) is 9.59 Å². The highest BCUT2D eigenvalue weighted by Gasteiger charge is 2.43.